The zero-order chi connectivity index (χ0) is 15.2. The maximum atomic E-state index is 12.6. The number of imidazole rings is 1. The van der Waals surface area contributed by atoms with Crippen molar-refractivity contribution in [3.8, 4) is 0 Å². The van der Waals surface area contributed by atoms with Crippen LogP contribution in [0.5, 0.6) is 0 Å². The summed E-state index contributed by atoms with van der Waals surface area (Å²) in [6.45, 7) is -0.0521. The van der Waals surface area contributed by atoms with E-state index < -0.39 is 22.0 Å². The van der Waals surface area contributed by atoms with Crippen molar-refractivity contribution in [2.24, 2.45) is 7.05 Å². The van der Waals surface area contributed by atoms with Crippen LogP contribution in [0.2, 0.25) is 0 Å². The lowest BCUT2D eigenvalue weighted by Gasteiger charge is -2.30. The Kier molecular flexibility index (Phi) is 3.06. The third-order valence-electron chi connectivity index (χ3n) is 3.43. The summed E-state index contributed by atoms with van der Waals surface area (Å²) < 4.78 is 27.6. The predicted octanol–water partition coefficient (Wildman–Crippen LogP) is -0.657. The number of aromatic nitrogens is 4. The van der Waals surface area contributed by atoms with E-state index in [2.05, 4.69) is 15.1 Å². The van der Waals surface area contributed by atoms with E-state index in [4.69, 9.17) is 0 Å². The highest BCUT2D eigenvalue weighted by atomic mass is 32.2. The summed E-state index contributed by atoms with van der Waals surface area (Å²) >= 11 is 0. The third kappa shape index (κ3) is 2.21. The number of carboxylic acid groups (broad SMARTS) is 1. The van der Waals surface area contributed by atoms with Gasteiger partial charge in [-0.25, -0.2) is 13.4 Å². The number of nitrogens with zero attached hydrogens (tertiary/aromatic N) is 4. The molecule has 3 heterocycles. The van der Waals surface area contributed by atoms with E-state index in [1.165, 1.54) is 23.4 Å². The summed E-state index contributed by atoms with van der Waals surface area (Å²) in [5.74, 6) is -1.20. The minimum Gasteiger partial charge on any atom is -0.480 e. The molecule has 10 heteroatoms. The van der Waals surface area contributed by atoms with Gasteiger partial charge in [-0.2, -0.15) is 9.40 Å². The zero-order valence-corrected chi connectivity index (χ0v) is 11.9. The highest BCUT2D eigenvalue weighted by molar-refractivity contribution is 7.89. The van der Waals surface area contributed by atoms with Crippen molar-refractivity contribution in [1.29, 1.82) is 0 Å². The van der Waals surface area contributed by atoms with Crippen molar-refractivity contribution in [3.05, 3.63) is 30.1 Å². The number of rotatable bonds is 3. The van der Waals surface area contributed by atoms with Crippen molar-refractivity contribution < 1.29 is 18.3 Å². The van der Waals surface area contributed by atoms with Gasteiger partial charge in [0, 0.05) is 19.7 Å². The van der Waals surface area contributed by atoms with Crippen LogP contribution in [0.3, 0.4) is 0 Å². The Morgan fingerprint density at radius 2 is 2.29 bits per heavy atom. The summed E-state index contributed by atoms with van der Waals surface area (Å²) in [6.07, 6.45) is 4.02. The van der Waals surface area contributed by atoms with Crippen molar-refractivity contribution in [2.75, 3.05) is 0 Å². The maximum absolute atomic E-state index is 12.6. The monoisotopic (exact) mass is 311 g/mol. The van der Waals surface area contributed by atoms with Crippen molar-refractivity contribution in [2.45, 2.75) is 23.9 Å². The quantitative estimate of drug-likeness (QED) is 0.776. The Balaban J connectivity index is 2.05. The molecule has 2 aromatic heterocycles. The number of H-pyrrole nitrogens is 1. The van der Waals surface area contributed by atoms with Crippen LogP contribution in [0.25, 0.3) is 0 Å². The van der Waals surface area contributed by atoms with Crippen LogP contribution in [0, 0.1) is 0 Å². The lowest BCUT2D eigenvalue weighted by molar-refractivity contribution is -0.141. The molecule has 3 rings (SSSR count). The van der Waals surface area contributed by atoms with Gasteiger partial charge >= 0.3 is 5.97 Å². The fourth-order valence-electron chi connectivity index (χ4n) is 2.34. The molecule has 9 nitrogen and oxygen atoms in total. The van der Waals surface area contributed by atoms with Gasteiger partial charge < -0.3 is 10.1 Å². The molecule has 2 N–H and O–H groups in total. The van der Waals surface area contributed by atoms with E-state index in [9.17, 15) is 18.3 Å². The van der Waals surface area contributed by atoms with E-state index in [0.717, 1.165) is 4.31 Å². The van der Waals surface area contributed by atoms with Crippen LogP contribution < -0.4 is 0 Å². The largest absolute Gasteiger partial charge is 0.480 e. The first-order chi connectivity index (χ1) is 9.89. The number of aliphatic carboxylic acids is 1. The molecule has 0 fully saturated rings. The highest BCUT2D eigenvalue weighted by Gasteiger charge is 2.41. The van der Waals surface area contributed by atoms with Crippen LogP contribution >= 0.6 is 0 Å². The van der Waals surface area contributed by atoms with E-state index in [1.807, 2.05) is 0 Å². The molecule has 112 valence electrons. The summed E-state index contributed by atoms with van der Waals surface area (Å²) in [4.78, 5) is 18.3. The van der Waals surface area contributed by atoms with Gasteiger partial charge in [-0.15, -0.1) is 0 Å². The molecule has 1 aliphatic heterocycles. The molecule has 0 saturated carbocycles. The number of carbonyl (C=O) groups is 1. The molecule has 0 aromatic carbocycles. The van der Waals surface area contributed by atoms with Crippen molar-refractivity contribution in [3.63, 3.8) is 0 Å². The Morgan fingerprint density at radius 3 is 2.90 bits per heavy atom. The first-order valence-electron chi connectivity index (χ1n) is 6.14. The molecule has 0 bridgehead atoms. The molecule has 0 amide bonds. The first-order valence-corrected chi connectivity index (χ1v) is 7.58. The van der Waals surface area contributed by atoms with Gasteiger partial charge in [-0.3, -0.25) is 9.48 Å². The van der Waals surface area contributed by atoms with E-state index in [-0.39, 0.29) is 17.9 Å². The van der Waals surface area contributed by atoms with Gasteiger partial charge in [0.2, 0.25) is 10.0 Å². The summed E-state index contributed by atoms with van der Waals surface area (Å²) in [6, 6.07) is -1.17. The number of hydrogen-bond donors (Lipinski definition) is 2. The molecule has 1 atom stereocenters. The zero-order valence-electron chi connectivity index (χ0n) is 11.1. The minimum atomic E-state index is -3.93. The smallest absolute Gasteiger partial charge is 0.322 e. The average Bonchev–Trinajstić information content (AvgIpc) is 3.05. The standard InChI is InChI=1S/C11H13N5O4S/c1-15-4-7(3-14-15)21(19,20)16-5-9-8(12-6-13-9)2-10(16)11(17)18/h3-4,6,10H,2,5H2,1H3,(H,12,13)(H,17,18). The number of sulfonamides is 1. The number of aryl methyl sites for hydroxylation is 1. The maximum Gasteiger partial charge on any atom is 0.322 e. The second-order valence-electron chi connectivity index (χ2n) is 4.79. The highest BCUT2D eigenvalue weighted by Crippen LogP contribution is 2.27. The molecule has 0 aliphatic carbocycles. The fourth-order valence-corrected chi connectivity index (χ4v) is 3.88. The summed E-state index contributed by atoms with van der Waals surface area (Å²) in [7, 11) is -2.34. The molecule has 1 unspecified atom stereocenters. The number of nitrogens with one attached hydrogen (secondary N) is 1. The number of hydrogen-bond acceptors (Lipinski definition) is 5. The predicted molar refractivity (Wildman–Crippen MR) is 69.7 cm³/mol. The Morgan fingerprint density at radius 1 is 1.52 bits per heavy atom. The minimum absolute atomic E-state index is 0.0285. The Labute approximate surface area is 120 Å². The second-order valence-corrected chi connectivity index (χ2v) is 6.68. The SMILES string of the molecule is Cn1cc(S(=O)(=O)N2Cc3[nH]cnc3CC2C(=O)O)cn1. The molecule has 1 aliphatic rings. The lowest BCUT2D eigenvalue weighted by atomic mass is 10.1. The van der Waals surface area contributed by atoms with Gasteiger partial charge in [0.25, 0.3) is 0 Å². The number of aromatic amines is 1. The van der Waals surface area contributed by atoms with Gasteiger partial charge in [-0.05, 0) is 0 Å². The van der Waals surface area contributed by atoms with Gasteiger partial charge in [0.1, 0.15) is 10.9 Å². The Bertz CT molecular complexity index is 793. The lowest BCUT2D eigenvalue weighted by Crippen LogP contribution is -2.48. The second kappa shape index (κ2) is 4.67. The van der Waals surface area contributed by atoms with Crippen molar-refractivity contribution >= 4 is 16.0 Å². The molecular weight excluding hydrogens is 298 g/mol. The van der Waals surface area contributed by atoms with E-state index in [0.29, 0.717) is 11.4 Å². The van der Waals surface area contributed by atoms with Crippen LogP contribution in [0.15, 0.2) is 23.6 Å². The van der Waals surface area contributed by atoms with Crippen LogP contribution in [0.4, 0.5) is 0 Å². The summed E-state index contributed by atoms with van der Waals surface area (Å²) in [5.41, 5.74) is 1.19. The molecule has 21 heavy (non-hydrogen) atoms. The Hall–Kier alpha value is -2.20. The fraction of sp³-hybridized carbons (Fsp3) is 0.364. The average molecular weight is 311 g/mol. The van der Waals surface area contributed by atoms with E-state index >= 15 is 0 Å². The number of fused-ring (bicyclic) bond motifs is 1. The van der Waals surface area contributed by atoms with Gasteiger partial charge in [0.05, 0.1) is 30.5 Å². The van der Waals surface area contributed by atoms with Crippen molar-refractivity contribution in [1.82, 2.24) is 24.1 Å². The molecule has 2 aromatic rings. The van der Waals surface area contributed by atoms with Crippen LogP contribution in [0.1, 0.15) is 11.4 Å². The topological polar surface area (TPSA) is 121 Å². The summed E-state index contributed by atoms with van der Waals surface area (Å²) in [5, 5.41) is 13.1. The molecule has 0 spiro atoms. The van der Waals surface area contributed by atoms with Crippen LogP contribution in [-0.4, -0.2) is 49.6 Å². The normalized spacial score (nSPS) is 19.4. The van der Waals surface area contributed by atoms with E-state index in [1.54, 1.807) is 7.05 Å². The third-order valence-corrected chi connectivity index (χ3v) is 5.24. The van der Waals surface area contributed by atoms with Gasteiger partial charge in [-0.1, -0.05) is 0 Å². The first kappa shape index (κ1) is 13.8. The number of carboxylic acids is 1. The molecule has 0 saturated heterocycles. The molecule has 0 radical (unpaired) electrons. The molecular formula is C11H13N5O4S. The van der Waals surface area contributed by atoms with Gasteiger partial charge in [0.15, 0.2) is 0 Å². The van der Waals surface area contributed by atoms with Crippen LogP contribution in [-0.2, 0) is 34.8 Å².